The van der Waals surface area contributed by atoms with E-state index in [0.29, 0.717) is 17.7 Å². The van der Waals surface area contributed by atoms with Crippen molar-refractivity contribution in [2.45, 2.75) is 50.3 Å². The summed E-state index contributed by atoms with van der Waals surface area (Å²) in [7, 11) is -8.54. The zero-order valence-electron chi connectivity index (χ0n) is 17.6. The Kier molecular flexibility index (Phi) is 7.36. The molecule has 0 unspecified atom stereocenters. The van der Waals surface area contributed by atoms with Gasteiger partial charge in [-0.25, -0.2) is 0 Å². The molecule has 0 saturated carbocycles. The number of nitrogens with zero attached hydrogens (tertiary/aromatic N) is 1. The molecule has 3 N–H and O–H groups in total. The molecule has 0 saturated heterocycles. The molecule has 1 aromatic rings. The number of aliphatic carboxylic acids is 1. The van der Waals surface area contributed by atoms with Crippen LogP contribution in [-0.2, 0) is 30.4 Å². The maximum atomic E-state index is 11.6. The number of carboxylic acids is 1. The van der Waals surface area contributed by atoms with Crippen LogP contribution in [0.3, 0.4) is 0 Å². The van der Waals surface area contributed by atoms with Crippen LogP contribution in [0.15, 0.2) is 46.5 Å². The number of carboxylic acid groups (broad SMARTS) is 1. The van der Waals surface area contributed by atoms with Crippen LogP contribution in [0.2, 0.25) is 0 Å². The maximum absolute atomic E-state index is 11.6. The minimum Gasteiger partial charge on any atom is -0.481 e. The van der Waals surface area contributed by atoms with Gasteiger partial charge in [0.25, 0.3) is 20.2 Å². The van der Waals surface area contributed by atoms with E-state index < -0.39 is 37.4 Å². The van der Waals surface area contributed by atoms with Crippen molar-refractivity contribution in [1.82, 2.24) is 0 Å². The second kappa shape index (κ2) is 9.11. The molecule has 1 aliphatic rings. The first-order valence-electron chi connectivity index (χ1n) is 9.57. The van der Waals surface area contributed by atoms with E-state index in [2.05, 4.69) is 0 Å². The van der Waals surface area contributed by atoms with Crippen molar-refractivity contribution in [1.29, 1.82) is 0 Å². The van der Waals surface area contributed by atoms with Crippen molar-refractivity contribution >= 4 is 31.9 Å². The molecule has 0 fully saturated rings. The van der Waals surface area contributed by atoms with Crippen molar-refractivity contribution < 1.29 is 35.8 Å². The summed E-state index contributed by atoms with van der Waals surface area (Å²) in [4.78, 5) is 12.4. The Hall–Kier alpha value is -2.21. The van der Waals surface area contributed by atoms with Gasteiger partial charge in [0.1, 0.15) is 0 Å². The molecular formula is C20H27NO8S2. The Morgan fingerprint density at radius 2 is 1.77 bits per heavy atom. The van der Waals surface area contributed by atoms with Crippen molar-refractivity contribution in [3.63, 3.8) is 0 Å². The van der Waals surface area contributed by atoms with Gasteiger partial charge in [0, 0.05) is 29.8 Å². The van der Waals surface area contributed by atoms with Crippen molar-refractivity contribution in [2.75, 3.05) is 17.2 Å². The van der Waals surface area contributed by atoms with Crippen molar-refractivity contribution in [3.8, 4) is 0 Å². The quantitative estimate of drug-likeness (QED) is 0.460. The molecule has 0 aliphatic carbocycles. The van der Waals surface area contributed by atoms with Gasteiger partial charge in [0.15, 0.2) is 0 Å². The van der Waals surface area contributed by atoms with Crippen LogP contribution in [0.25, 0.3) is 0 Å². The topological polar surface area (TPSA) is 149 Å². The summed E-state index contributed by atoms with van der Waals surface area (Å²) in [6, 6.07) is 4.22. The zero-order chi connectivity index (χ0) is 23.6. The monoisotopic (exact) mass is 473 g/mol. The van der Waals surface area contributed by atoms with Crippen LogP contribution >= 0.6 is 0 Å². The van der Waals surface area contributed by atoms with E-state index in [1.165, 1.54) is 12.1 Å². The molecule has 0 bridgehead atoms. The minimum atomic E-state index is -4.40. The van der Waals surface area contributed by atoms with Gasteiger partial charge in [-0.1, -0.05) is 25.5 Å². The number of fused-ring (bicyclic) bond motifs is 1. The number of allylic oxidation sites excluding steroid dienone is 4. The molecule has 9 nitrogen and oxygen atoms in total. The summed E-state index contributed by atoms with van der Waals surface area (Å²) in [6.07, 6.45) is 4.07. The van der Waals surface area contributed by atoms with Gasteiger partial charge in [0.2, 0.25) is 0 Å². The van der Waals surface area contributed by atoms with E-state index in [0.717, 1.165) is 11.3 Å². The highest BCUT2D eigenvalue weighted by Crippen LogP contribution is 2.48. The Balaban J connectivity index is 2.50. The van der Waals surface area contributed by atoms with Crippen LogP contribution in [-0.4, -0.2) is 49.3 Å². The molecule has 2 rings (SSSR count). The fraction of sp³-hybridized carbons (Fsp3) is 0.450. The number of rotatable bonds is 9. The average Bonchev–Trinajstić information content (AvgIpc) is 2.83. The van der Waals surface area contributed by atoms with Gasteiger partial charge >= 0.3 is 5.97 Å². The van der Waals surface area contributed by atoms with E-state index in [9.17, 15) is 26.2 Å². The number of carbonyl (C=O) groups is 1. The molecule has 0 aromatic heterocycles. The lowest BCUT2D eigenvalue weighted by atomic mass is 9.83. The summed E-state index contributed by atoms with van der Waals surface area (Å²) in [6.45, 7) is 5.78. The highest BCUT2D eigenvalue weighted by atomic mass is 32.2. The summed E-state index contributed by atoms with van der Waals surface area (Å²) in [5.41, 5.74) is 2.20. The third-order valence-corrected chi connectivity index (χ3v) is 6.86. The van der Waals surface area contributed by atoms with Gasteiger partial charge in [-0.05, 0) is 49.6 Å². The van der Waals surface area contributed by atoms with Crippen LogP contribution in [0.4, 0.5) is 5.69 Å². The second-order valence-corrected chi connectivity index (χ2v) is 11.0. The Morgan fingerprint density at radius 3 is 2.32 bits per heavy atom. The van der Waals surface area contributed by atoms with Crippen LogP contribution in [0.1, 0.15) is 45.6 Å². The van der Waals surface area contributed by atoms with Crippen LogP contribution < -0.4 is 4.90 Å². The van der Waals surface area contributed by atoms with E-state index in [4.69, 9.17) is 9.66 Å². The molecular weight excluding hydrogens is 446 g/mol. The first-order valence-corrected chi connectivity index (χ1v) is 12.6. The normalized spacial score (nSPS) is 17.8. The van der Waals surface area contributed by atoms with Gasteiger partial charge in [-0.15, -0.1) is 0 Å². The SMILES string of the molecule is CC(=CC=C1N(CCCS(=O)(=O)O)c2ccc(S(=O)(=O)O)cc2C1(C)C)CCC(=O)O. The third-order valence-electron chi connectivity index (χ3n) is 5.20. The van der Waals surface area contributed by atoms with E-state index in [1.807, 2.05) is 18.7 Å². The number of hydrogen-bond acceptors (Lipinski definition) is 6. The fourth-order valence-corrected chi connectivity index (χ4v) is 4.57. The average molecular weight is 474 g/mol. The third kappa shape index (κ3) is 6.39. The van der Waals surface area contributed by atoms with E-state index in [-0.39, 0.29) is 24.3 Å². The number of anilines is 1. The van der Waals surface area contributed by atoms with E-state index in [1.54, 1.807) is 25.1 Å². The molecule has 31 heavy (non-hydrogen) atoms. The zero-order valence-corrected chi connectivity index (χ0v) is 19.2. The maximum Gasteiger partial charge on any atom is 0.303 e. The minimum absolute atomic E-state index is 0.00901. The standard InChI is InChI=1S/C20H27NO8S2/c1-14(6-10-19(22)23)5-9-18-20(2,3)16-13-15(31(27,28)29)7-8-17(16)21(18)11-4-12-30(24,25)26/h5,7-9,13H,4,6,10-12H2,1-3H3,(H,22,23)(H,24,25,26)(H,27,28,29). The van der Waals surface area contributed by atoms with Crippen LogP contribution in [0.5, 0.6) is 0 Å². The molecule has 11 heteroatoms. The summed E-state index contributed by atoms with van der Waals surface area (Å²) >= 11 is 0. The van der Waals surface area contributed by atoms with Gasteiger partial charge in [-0.2, -0.15) is 16.8 Å². The lowest BCUT2D eigenvalue weighted by molar-refractivity contribution is -0.136. The predicted molar refractivity (Wildman–Crippen MR) is 116 cm³/mol. The van der Waals surface area contributed by atoms with Crippen molar-refractivity contribution in [3.05, 3.63) is 47.2 Å². The van der Waals surface area contributed by atoms with Gasteiger partial charge in [0.05, 0.1) is 10.6 Å². The summed E-state index contributed by atoms with van der Waals surface area (Å²) in [5.74, 6) is -1.33. The van der Waals surface area contributed by atoms with E-state index >= 15 is 0 Å². The Labute approximate surface area is 182 Å². The molecule has 0 amide bonds. The molecule has 1 aliphatic heterocycles. The Bertz CT molecular complexity index is 1130. The van der Waals surface area contributed by atoms with Gasteiger partial charge < -0.3 is 10.0 Å². The summed E-state index contributed by atoms with van der Waals surface area (Å²) in [5, 5.41) is 8.85. The highest BCUT2D eigenvalue weighted by molar-refractivity contribution is 7.86. The van der Waals surface area contributed by atoms with Crippen molar-refractivity contribution in [2.24, 2.45) is 0 Å². The van der Waals surface area contributed by atoms with Crippen LogP contribution in [0, 0.1) is 0 Å². The molecule has 1 heterocycles. The smallest absolute Gasteiger partial charge is 0.303 e. The lowest BCUT2D eigenvalue weighted by Gasteiger charge is -2.27. The largest absolute Gasteiger partial charge is 0.481 e. The first-order chi connectivity index (χ1) is 14.1. The Morgan fingerprint density at radius 1 is 1.13 bits per heavy atom. The first kappa shape index (κ1) is 25.1. The predicted octanol–water partition coefficient (Wildman–Crippen LogP) is 3.00. The van der Waals surface area contributed by atoms with Gasteiger partial charge in [-0.3, -0.25) is 13.9 Å². The highest BCUT2D eigenvalue weighted by Gasteiger charge is 2.40. The lowest BCUT2D eigenvalue weighted by Crippen LogP contribution is -2.28. The summed E-state index contributed by atoms with van der Waals surface area (Å²) < 4.78 is 63.9. The number of benzene rings is 1. The molecule has 0 atom stereocenters. The molecule has 1 aromatic carbocycles. The second-order valence-electron chi connectivity index (χ2n) is 8.03. The molecule has 0 radical (unpaired) electrons. The number of hydrogen-bond donors (Lipinski definition) is 3. The fourth-order valence-electron chi connectivity index (χ4n) is 3.57. The molecule has 172 valence electrons. The molecule has 0 spiro atoms.